The number of aliphatic carboxylic acids is 1. The molecule has 1 aromatic heterocycles. The number of nitrogens with zero attached hydrogens (tertiary/aromatic N) is 4. The number of rotatable bonds is 4. The van der Waals surface area contributed by atoms with E-state index in [0.29, 0.717) is 6.04 Å². The van der Waals surface area contributed by atoms with Crippen molar-refractivity contribution in [2.24, 2.45) is 5.92 Å². The van der Waals surface area contributed by atoms with Crippen molar-refractivity contribution in [3.05, 3.63) is 12.2 Å². The largest absolute Gasteiger partial charge is 0.481 e. The SMILES string of the molecule is CC(C)n1ncnc1CN1CCC(C(=O)O)CC1. The number of aromatic nitrogens is 3. The zero-order valence-electron chi connectivity index (χ0n) is 10.9. The standard InChI is InChI=1S/C12H20N4O2/c1-9(2)16-11(13-8-14-16)7-15-5-3-10(4-6-15)12(17)18/h8-10H,3-7H2,1-2H3,(H,17,18). The summed E-state index contributed by atoms with van der Waals surface area (Å²) in [5, 5.41) is 13.2. The average Bonchev–Trinajstić information content (AvgIpc) is 2.78. The van der Waals surface area contributed by atoms with Crippen LogP contribution in [0.5, 0.6) is 0 Å². The molecule has 0 aliphatic carbocycles. The van der Waals surface area contributed by atoms with Crippen molar-refractivity contribution in [3.8, 4) is 0 Å². The molecule has 18 heavy (non-hydrogen) atoms. The lowest BCUT2D eigenvalue weighted by molar-refractivity contribution is -0.143. The van der Waals surface area contributed by atoms with Crippen LogP contribution < -0.4 is 0 Å². The van der Waals surface area contributed by atoms with Gasteiger partial charge in [-0.15, -0.1) is 0 Å². The lowest BCUT2D eigenvalue weighted by Crippen LogP contribution is -2.36. The lowest BCUT2D eigenvalue weighted by atomic mass is 9.97. The van der Waals surface area contributed by atoms with Gasteiger partial charge in [0.2, 0.25) is 0 Å². The zero-order valence-corrected chi connectivity index (χ0v) is 10.9. The van der Waals surface area contributed by atoms with Crippen molar-refractivity contribution < 1.29 is 9.90 Å². The van der Waals surface area contributed by atoms with E-state index in [2.05, 4.69) is 28.8 Å². The molecular formula is C12H20N4O2. The van der Waals surface area contributed by atoms with Gasteiger partial charge in [0.25, 0.3) is 0 Å². The van der Waals surface area contributed by atoms with Gasteiger partial charge >= 0.3 is 5.97 Å². The summed E-state index contributed by atoms with van der Waals surface area (Å²) < 4.78 is 1.92. The first-order valence-corrected chi connectivity index (χ1v) is 6.41. The number of carboxylic acid groups (broad SMARTS) is 1. The molecule has 2 rings (SSSR count). The molecule has 0 amide bonds. The summed E-state index contributed by atoms with van der Waals surface area (Å²) in [6.45, 7) is 6.55. The summed E-state index contributed by atoms with van der Waals surface area (Å²) >= 11 is 0. The maximum atomic E-state index is 10.9. The van der Waals surface area contributed by atoms with Gasteiger partial charge in [-0.3, -0.25) is 9.69 Å². The van der Waals surface area contributed by atoms with Crippen LogP contribution in [0.1, 0.15) is 38.6 Å². The Balaban J connectivity index is 1.91. The van der Waals surface area contributed by atoms with Gasteiger partial charge < -0.3 is 5.11 Å². The Bertz CT molecular complexity index is 408. The van der Waals surface area contributed by atoms with Crippen LogP contribution in [0, 0.1) is 5.92 Å². The van der Waals surface area contributed by atoms with Gasteiger partial charge in [0.05, 0.1) is 12.5 Å². The average molecular weight is 252 g/mol. The molecule has 1 fully saturated rings. The highest BCUT2D eigenvalue weighted by atomic mass is 16.4. The highest BCUT2D eigenvalue weighted by molar-refractivity contribution is 5.70. The van der Waals surface area contributed by atoms with Crippen molar-refractivity contribution in [2.45, 2.75) is 39.3 Å². The Morgan fingerprint density at radius 2 is 2.17 bits per heavy atom. The molecule has 1 N–H and O–H groups in total. The first-order valence-electron chi connectivity index (χ1n) is 6.41. The third-order valence-electron chi connectivity index (χ3n) is 3.44. The molecule has 1 aliphatic rings. The number of piperidine rings is 1. The first-order chi connectivity index (χ1) is 8.58. The molecule has 0 atom stereocenters. The Kier molecular flexibility index (Phi) is 3.96. The van der Waals surface area contributed by atoms with E-state index < -0.39 is 5.97 Å². The maximum absolute atomic E-state index is 10.9. The van der Waals surface area contributed by atoms with Crippen LogP contribution >= 0.6 is 0 Å². The second-order valence-corrected chi connectivity index (χ2v) is 5.10. The van der Waals surface area contributed by atoms with E-state index in [0.717, 1.165) is 38.3 Å². The van der Waals surface area contributed by atoms with E-state index in [1.807, 2.05) is 4.68 Å². The van der Waals surface area contributed by atoms with Crippen LogP contribution in [-0.2, 0) is 11.3 Å². The normalized spacial score (nSPS) is 18.4. The van der Waals surface area contributed by atoms with Gasteiger partial charge in [0.1, 0.15) is 12.2 Å². The maximum Gasteiger partial charge on any atom is 0.306 e. The molecular weight excluding hydrogens is 232 g/mol. The van der Waals surface area contributed by atoms with Crippen LogP contribution in [0.15, 0.2) is 6.33 Å². The van der Waals surface area contributed by atoms with Gasteiger partial charge in [-0.25, -0.2) is 9.67 Å². The van der Waals surface area contributed by atoms with Gasteiger partial charge in [-0.2, -0.15) is 5.10 Å². The van der Waals surface area contributed by atoms with Gasteiger partial charge in [-0.05, 0) is 39.8 Å². The number of likely N-dealkylation sites (tertiary alicyclic amines) is 1. The Labute approximate surface area is 107 Å². The lowest BCUT2D eigenvalue weighted by Gasteiger charge is -2.29. The summed E-state index contributed by atoms with van der Waals surface area (Å²) in [6, 6.07) is 0.305. The molecule has 100 valence electrons. The number of hydrogen-bond donors (Lipinski definition) is 1. The molecule has 0 radical (unpaired) electrons. The summed E-state index contributed by atoms with van der Waals surface area (Å²) in [5.74, 6) is 0.114. The summed E-state index contributed by atoms with van der Waals surface area (Å²) in [4.78, 5) is 17.4. The minimum Gasteiger partial charge on any atom is -0.481 e. The smallest absolute Gasteiger partial charge is 0.306 e. The van der Waals surface area contributed by atoms with Crippen LogP contribution in [0.2, 0.25) is 0 Å². The van der Waals surface area contributed by atoms with Gasteiger partial charge in [0, 0.05) is 6.04 Å². The topological polar surface area (TPSA) is 71.2 Å². The Morgan fingerprint density at radius 1 is 1.50 bits per heavy atom. The molecule has 1 aromatic rings. The highest BCUT2D eigenvalue weighted by Crippen LogP contribution is 2.19. The minimum atomic E-state index is -0.667. The van der Waals surface area contributed by atoms with Crippen LogP contribution in [0.25, 0.3) is 0 Å². The van der Waals surface area contributed by atoms with Gasteiger partial charge in [-0.1, -0.05) is 0 Å². The van der Waals surface area contributed by atoms with E-state index >= 15 is 0 Å². The fourth-order valence-corrected chi connectivity index (χ4v) is 2.36. The molecule has 0 bridgehead atoms. The molecule has 0 spiro atoms. The number of carbonyl (C=O) groups is 1. The van der Waals surface area contributed by atoms with E-state index in [1.165, 1.54) is 0 Å². The van der Waals surface area contributed by atoms with Gasteiger partial charge in [0.15, 0.2) is 0 Å². The fourth-order valence-electron chi connectivity index (χ4n) is 2.36. The second kappa shape index (κ2) is 5.48. The third kappa shape index (κ3) is 2.87. The molecule has 2 heterocycles. The van der Waals surface area contributed by atoms with E-state index in [9.17, 15) is 4.79 Å². The summed E-state index contributed by atoms with van der Waals surface area (Å²) in [7, 11) is 0. The van der Waals surface area contributed by atoms with E-state index in [-0.39, 0.29) is 5.92 Å². The molecule has 6 nitrogen and oxygen atoms in total. The zero-order chi connectivity index (χ0) is 13.1. The monoisotopic (exact) mass is 252 g/mol. The van der Waals surface area contributed by atoms with Crippen LogP contribution in [0.4, 0.5) is 0 Å². The van der Waals surface area contributed by atoms with Crippen molar-refractivity contribution in [3.63, 3.8) is 0 Å². The van der Waals surface area contributed by atoms with Crippen molar-refractivity contribution in [1.29, 1.82) is 0 Å². The van der Waals surface area contributed by atoms with Crippen LogP contribution in [0.3, 0.4) is 0 Å². The molecule has 1 aliphatic heterocycles. The molecule has 0 aromatic carbocycles. The number of carboxylic acids is 1. The van der Waals surface area contributed by atoms with Crippen LogP contribution in [-0.4, -0.2) is 43.8 Å². The highest BCUT2D eigenvalue weighted by Gasteiger charge is 2.25. The van der Waals surface area contributed by atoms with E-state index in [1.54, 1.807) is 6.33 Å². The van der Waals surface area contributed by atoms with Crippen molar-refractivity contribution in [1.82, 2.24) is 19.7 Å². The summed E-state index contributed by atoms with van der Waals surface area (Å²) in [6.07, 6.45) is 3.04. The third-order valence-corrected chi connectivity index (χ3v) is 3.44. The molecule has 0 saturated carbocycles. The second-order valence-electron chi connectivity index (χ2n) is 5.10. The minimum absolute atomic E-state index is 0.177. The Morgan fingerprint density at radius 3 is 2.72 bits per heavy atom. The quantitative estimate of drug-likeness (QED) is 0.870. The molecule has 1 saturated heterocycles. The first kappa shape index (κ1) is 13.0. The predicted octanol–water partition coefficient (Wildman–Crippen LogP) is 1.16. The number of hydrogen-bond acceptors (Lipinski definition) is 4. The van der Waals surface area contributed by atoms with Crippen molar-refractivity contribution >= 4 is 5.97 Å². The van der Waals surface area contributed by atoms with E-state index in [4.69, 9.17) is 5.11 Å². The summed E-state index contributed by atoms with van der Waals surface area (Å²) in [5.41, 5.74) is 0. The Hall–Kier alpha value is -1.43. The fraction of sp³-hybridized carbons (Fsp3) is 0.750. The predicted molar refractivity (Wildman–Crippen MR) is 66.0 cm³/mol. The van der Waals surface area contributed by atoms with Crippen molar-refractivity contribution in [2.75, 3.05) is 13.1 Å². The molecule has 0 unspecified atom stereocenters. The molecule has 6 heteroatoms.